The predicted octanol–water partition coefficient (Wildman–Crippen LogP) is 16.8. The van der Waals surface area contributed by atoms with Gasteiger partial charge in [-0.3, -0.25) is 0 Å². The van der Waals surface area contributed by atoms with Gasteiger partial charge in [0.15, 0.2) is 0 Å². The average Bonchev–Trinajstić information content (AvgIpc) is 3.89. The van der Waals surface area contributed by atoms with E-state index in [1.807, 2.05) is 11.3 Å². The molecule has 0 fully saturated rings. The van der Waals surface area contributed by atoms with E-state index in [2.05, 4.69) is 240 Å². The standard InChI is InChI=1S/C58H38N2S/c1-3-18-39(19-4-1)44-29-14-20-40-21-15-31-49(56(40)44)46-26-7-10-34-52(46)59(54-36-17-33-51-48-28-9-12-37-55(48)61-58(51)54)43-25-13-22-41(38-43)45-30-16-32-50-47-27-8-11-35-53(47)60(57(45)50)42-23-5-2-6-24-42/h1-38H. The molecule has 0 aliphatic heterocycles. The van der Waals surface area contributed by atoms with Gasteiger partial charge in [0.2, 0.25) is 0 Å². The molecule has 0 unspecified atom stereocenters. The Morgan fingerprint density at radius 1 is 0.377 bits per heavy atom. The molecule has 0 atom stereocenters. The lowest BCUT2D eigenvalue weighted by atomic mass is 9.90. The Morgan fingerprint density at radius 3 is 1.84 bits per heavy atom. The fourth-order valence-corrected chi connectivity index (χ4v) is 10.8. The Morgan fingerprint density at radius 2 is 0.967 bits per heavy atom. The maximum atomic E-state index is 2.51. The first-order valence-electron chi connectivity index (χ1n) is 20.9. The SMILES string of the molecule is c1ccc(-c2cccc3cccc(-c4ccccc4N(c4cccc(-c5cccc6c7ccccc7n(-c7ccccc7)c56)c4)c4cccc5c4sc4ccccc45)c23)cc1. The van der Waals surface area contributed by atoms with Crippen molar-refractivity contribution in [3.05, 3.63) is 231 Å². The fourth-order valence-electron chi connectivity index (χ4n) is 9.55. The largest absolute Gasteiger partial charge is 0.309 e. The van der Waals surface area contributed by atoms with Crippen LogP contribution in [0, 0.1) is 0 Å². The molecule has 61 heavy (non-hydrogen) atoms. The summed E-state index contributed by atoms with van der Waals surface area (Å²) in [5, 5.41) is 7.51. The third-order valence-corrected chi connectivity index (χ3v) is 13.4. The number of hydrogen-bond acceptors (Lipinski definition) is 2. The minimum Gasteiger partial charge on any atom is -0.309 e. The molecule has 12 rings (SSSR count). The van der Waals surface area contributed by atoms with E-state index in [9.17, 15) is 0 Å². The van der Waals surface area contributed by atoms with E-state index in [4.69, 9.17) is 0 Å². The van der Waals surface area contributed by atoms with Crippen molar-refractivity contribution in [1.82, 2.24) is 4.57 Å². The highest BCUT2D eigenvalue weighted by Crippen LogP contribution is 2.49. The summed E-state index contributed by atoms with van der Waals surface area (Å²) in [7, 11) is 0. The van der Waals surface area contributed by atoms with Crippen molar-refractivity contribution in [3.63, 3.8) is 0 Å². The van der Waals surface area contributed by atoms with Gasteiger partial charge < -0.3 is 9.47 Å². The second-order valence-corrected chi connectivity index (χ2v) is 16.7. The summed E-state index contributed by atoms with van der Waals surface area (Å²) in [6, 6.07) is 84.2. The first kappa shape index (κ1) is 35.2. The molecule has 0 aliphatic rings. The summed E-state index contributed by atoms with van der Waals surface area (Å²) >= 11 is 1.87. The molecule has 0 bridgehead atoms. The van der Waals surface area contributed by atoms with Gasteiger partial charge in [0, 0.05) is 48.7 Å². The summed E-state index contributed by atoms with van der Waals surface area (Å²) in [5.74, 6) is 0. The molecule has 2 heterocycles. The van der Waals surface area contributed by atoms with E-state index < -0.39 is 0 Å². The minimum absolute atomic E-state index is 1.10. The van der Waals surface area contributed by atoms with E-state index in [0.29, 0.717) is 0 Å². The fraction of sp³-hybridized carbons (Fsp3) is 0. The Kier molecular flexibility index (Phi) is 8.39. The number of fused-ring (bicyclic) bond motifs is 7. The Labute approximate surface area is 358 Å². The third kappa shape index (κ3) is 5.78. The first-order chi connectivity index (χ1) is 30.3. The van der Waals surface area contributed by atoms with Gasteiger partial charge in [0.05, 0.1) is 27.1 Å². The molecule has 12 aromatic rings. The Balaban J connectivity index is 1.13. The number of para-hydroxylation sites is 4. The van der Waals surface area contributed by atoms with Gasteiger partial charge >= 0.3 is 0 Å². The lowest BCUT2D eigenvalue weighted by molar-refractivity contribution is 1.18. The van der Waals surface area contributed by atoms with Crippen LogP contribution in [0.15, 0.2) is 231 Å². The predicted molar refractivity (Wildman–Crippen MR) is 262 cm³/mol. The van der Waals surface area contributed by atoms with Crippen LogP contribution >= 0.6 is 11.3 Å². The molecular weight excluding hydrogens is 757 g/mol. The van der Waals surface area contributed by atoms with Crippen molar-refractivity contribution < 1.29 is 0 Å². The van der Waals surface area contributed by atoms with Crippen LogP contribution in [0.5, 0.6) is 0 Å². The van der Waals surface area contributed by atoms with Crippen molar-refractivity contribution in [2.24, 2.45) is 0 Å². The second-order valence-electron chi connectivity index (χ2n) is 15.6. The molecule has 0 saturated carbocycles. The monoisotopic (exact) mass is 794 g/mol. The van der Waals surface area contributed by atoms with Crippen molar-refractivity contribution in [2.75, 3.05) is 4.90 Å². The number of thiophene rings is 1. The van der Waals surface area contributed by atoms with Crippen LogP contribution in [0.25, 0.3) is 91.8 Å². The third-order valence-electron chi connectivity index (χ3n) is 12.2. The maximum Gasteiger partial charge on any atom is 0.0640 e. The lowest BCUT2D eigenvalue weighted by Crippen LogP contribution is -2.11. The summed E-state index contributed by atoms with van der Waals surface area (Å²) in [6.45, 7) is 0. The Bertz CT molecular complexity index is 3590. The highest BCUT2D eigenvalue weighted by atomic mass is 32.1. The zero-order valence-electron chi connectivity index (χ0n) is 33.2. The molecule has 10 aromatic carbocycles. The van der Waals surface area contributed by atoms with Crippen molar-refractivity contribution in [1.29, 1.82) is 0 Å². The normalized spacial score (nSPS) is 11.6. The topological polar surface area (TPSA) is 8.17 Å². The zero-order chi connectivity index (χ0) is 40.3. The number of hydrogen-bond donors (Lipinski definition) is 0. The van der Waals surface area contributed by atoms with E-state index in [0.717, 1.165) is 28.3 Å². The van der Waals surface area contributed by atoms with Gasteiger partial charge in [0.1, 0.15) is 0 Å². The highest BCUT2D eigenvalue weighted by molar-refractivity contribution is 7.26. The molecule has 2 nitrogen and oxygen atoms in total. The molecule has 2 aromatic heterocycles. The summed E-state index contributed by atoms with van der Waals surface area (Å²) in [5.41, 5.74) is 14.1. The van der Waals surface area contributed by atoms with Crippen LogP contribution in [0.3, 0.4) is 0 Å². The number of nitrogens with zero attached hydrogens (tertiary/aromatic N) is 2. The van der Waals surface area contributed by atoms with Gasteiger partial charge in [-0.25, -0.2) is 0 Å². The van der Waals surface area contributed by atoms with E-state index in [1.54, 1.807) is 0 Å². The molecule has 3 heteroatoms. The van der Waals surface area contributed by atoms with Gasteiger partial charge in [0.25, 0.3) is 0 Å². The lowest BCUT2D eigenvalue weighted by Gasteiger charge is -2.29. The average molecular weight is 795 g/mol. The highest BCUT2D eigenvalue weighted by Gasteiger charge is 2.24. The van der Waals surface area contributed by atoms with Crippen LogP contribution in [0.2, 0.25) is 0 Å². The first-order valence-corrected chi connectivity index (χ1v) is 21.7. The second kappa shape index (κ2) is 14.5. The molecule has 0 amide bonds. The molecule has 286 valence electrons. The quantitative estimate of drug-likeness (QED) is 0.156. The molecule has 0 spiro atoms. The molecule has 0 N–H and O–H groups in total. The van der Waals surface area contributed by atoms with Gasteiger partial charge in [-0.05, 0) is 81.6 Å². The number of anilines is 3. The van der Waals surface area contributed by atoms with E-state index >= 15 is 0 Å². The van der Waals surface area contributed by atoms with E-state index in [1.165, 1.54) is 80.6 Å². The maximum absolute atomic E-state index is 2.51. The van der Waals surface area contributed by atoms with Gasteiger partial charge in [-0.15, -0.1) is 11.3 Å². The van der Waals surface area contributed by atoms with Crippen LogP contribution < -0.4 is 4.90 Å². The van der Waals surface area contributed by atoms with Crippen molar-refractivity contribution >= 4 is 81.1 Å². The van der Waals surface area contributed by atoms with Gasteiger partial charge in [-0.1, -0.05) is 182 Å². The smallest absolute Gasteiger partial charge is 0.0640 e. The minimum atomic E-state index is 1.10. The van der Waals surface area contributed by atoms with Crippen LogP contribution in [0.4, 0.5) is 17.1 Å². The molecule has 0 aliphatic carbocycles. The van der Waals surface area contributed by atoms with Crippen LogP contribution in [0.1, 0.15) is 0 Å². The Hall–Kier alpha value is -7.72. The molecule has 0 radical (unpaired) electrons. The van der Waals surface area contributed by atoms with Crippen LogP contribution in [-0.2, 0) is 0 Å². The summed E-state index contributed by atoms with van der Waals surface area (Å²) in [4.78, 5) is 2.51. The number of aromatic nitrogens is 1. The van der Waals surface area contributed by atoms with Crippen LogP contribution in [-0.4, -0.2) is 4.57 Å². The number of benzene rings is 10. The van der Waals surface area contributed by atoms with Crippen molar-refractivity contribution in [2.45, 2.75) is 0 Å². The summed E-state index contributed by atoms with van der Waals surface area (Å²) < 4.78 is 4.98. The molecule has 0 saturated heterocycles. The van der Waals surface area contributed by atoms with E-state index in [-0.39, 0.29) is 0 Å². The van der Waals surface area contributed by atoms with Gasteiger partial charge in [-0.2, -0.15) is 0 Å². The molecular formula is C58H38N2S. The van der Waals surface area contributed by atoms with Crippen molar-refractivity contribution in [3.8, 4) is 39.1 Å². The number of rotatable bonds is 7. The summed E-state index contributed by atoms with van der Waals surface area (Å²) in [6.07, 6.45) is 0. The zero-order valence-corrected chi connectivity index (χ0v) is 34.1.